The Labute approximate surface area is 201 Å². The smallest absolute Gasteiger partial charge is 0.304 e. The molecule has 0 aliphatic heterocycles. The quantitative estimate of drug-likeness (QED) is 0.550. The Balaban J connectivity index is 2.41. The van der Waals surface area contributed by atoms with Crippen molar-refractivity contribution in [2.24, 2.45) is 0 Å². The monoisotopic (exact) mass is 494 g/mol. The van der Waals surface area contributed by atoms with E-state index in [4.69, 9.17) is 11.6 Å². The highest BCUT2D eigenvalue weighted by molar-refractivity contribution is 7.90. The van der Waals surface area contributed by atoms with E-state index in [-0.39, 0.29) is 18.5 Å². The number of rotatable bonds is 10. The van der Waals surface area contributed by atoms with Crippen LogP contribution in [0.1, 0.15) is 26.3 Å². The minimum atomic E-state index is -3.96. The van der Waals surface area contributed by atoms with Crippen molar-refractivity contribution in [1.82, 2.24) is 14.5 Å². The van der Waals surface area contributed by atoms with Crippen molar-refractivity contribution in [3.8, 4) is 0 Å². The first-order chi connectivity index (χ1) is 15.4. The average molecular weight is 495 g/mol. The largest absolute Gasteiger partial charge is 0.352 e. The minimum Gasteiger partial charge on any atom is -0.352 e. The lowest BCUT2D eigenvalue weighted by Crippen LogP contribution is -2.53. The fourth-order valence-electron chi connectivity index (χ4n) is 3.09. The van der Waals surface area contributed by atoms with Crippen LogP contribution in [0.5, 0.6) is 0 Å². The van der Waals surface area contributed by atoms with Crippen LogP contribution in [0.25, 0.3) is 0 Å². The third-order valence-electron chi connectivity index (χ3n) is 4.93. The van der Waals surface area contributed by atoms with Crippen LogP contribution < -0.4 is 9.62 Å². The standard InChI is InChI=1S/C23H31ClN4O4S/c1-17(2)25-23(30)18(3)27(15-19-11-13-20(24)14-12-19)22(29)16-28(33(31,32)26(4)5)21-9-7-6-8-10-21/h6-14,17-18H,15-16H2,1-5H3,(H,25,30)/t18-/m1/s1. The van der Waals surface area contributed by atoms with Crippen molar-refractivity contribution < 1.29 is 18.0 Å². The maximum atomic E-state index is 13.5. The van der Waals surface area contributed by atoms with E-state index in [9.17, 15) is 18.0 Å². The molecule has 0 aliphatic carbocycles. The highest BCUT2D eigenvalue weighted by Crippen LogP contribution is 2.21. The molecule has 10 heteroatoms. The van der Waals surface area contributed by atoms with Gasteiger partial charge in [-0.05, 0) is 50.6 Å². The summed E-state index contributed by atoms with van der Waals surface area (Å²) in [7, 11) is -1.16. The Bertz CT molecular complexity index is 1040. The van der Waals surface area contributed by atoms with E-state index < -0.39 is 28.7 Å². The molecule has 1 N–H and O–H groups in total. The molecule has 0 unspecified atom stereocenters. The zero-order valence-corrected chi connectivity index (χ0v) is 21.1. The Hall–Kier alpha value is -2.62. The van der Waals surface area contributed by atoms with E-state index in [1.807, 2.05) is 13.8 Å². The Morgan fingerprint density at radius 2 is 1.55 bits per heavy atom. The number of carbonyl (C=O) groups is 2. The maximum Gasteiger partial charge on any atom is 0.304 e. The van der Waals surface area contributed by atoms with Crippen molar-refractivity contribution >= 4 is 39.3 Å². The van der Waals surface area contributed by atoms with Gasteiger partial charge in [0.2, 0.25) is 11.8 Å². The molecular formula is C23H31ClN4O4S. The predicted molar refractivity (Wildman–Crippen MR) is 131 cm³/mol. The number of hydrogen-bond acceptors (Lipinski definition) is 4. The molecule has 2 rings (SSSR count). The molecule has 1 atom stereocenters. The van der Waals surface area contributed by atoms with Crippen LogP contribution in [0, 0.1) is 0 Å². The van der Waals surface area contributed by atoms with Gasteiger partial charge in [-0.2, -0.15) is 12.7 Å². The van der Waals surface area contributed by atoms with Crippen LogP contribution in [-0.2, 0) is 26.3 Å². The summed E-state index contributed by atoms with van der Waals surface area (Å²) >= 11 is 5.97. The minimum absolute atomic E-state index is 0.109. The number of amides is 2. The lowest BCUT2D eigenvalue weighted by Gasteiger charge is -2.33. The fourth-order valence-corrected chi connectivity index (χ4v) is 4.27. The second-order valence-corrected chi connectivity index (χ2v) is 10.6. The summed E-state index contributed by atoms with van der Waals surface area (Å²) in [6, 6.07) is 14.4. The molecule has 2 aromatic carbocycles. The summed E-state index contributed by atoms with van der Waals surface area (Å²) in [4.78, 5) is 27.6. The Morgan fingerprint density at radius 1 is 0.970 bits per heavy atom. The van der Waals surface area contributed by atoms with Crippen LogP contribution in [0.15, 0.2) is 54.6 Å². The van der Waals surface area contributed by atoms with Crippen molar-refractivity contribution in [2.75, 3.05) is 24.9 Å². The van der Waals surface area contributed by atoms with Crippen molar-refractivity contribution in [3.63, 3.8) is 0 Å². The second kappa shape index (κ2) is 11.5. The number of halogens is 1. The number of benzene rings is 2. The van der Waals surface area contributed by atoms with Gasteiger partial charge in [0.1, 0.15) is 12.6 Å². The number of para-hydroxylation sites is 1. The van der Waals surface area contributed by atoms with Gasteiger partial charge in [0.25, 0.3) is 0 Å². The average Bonchev–Trinajstić information content (AvgIpc) is 2.76. The molecule has 8 nitrogen and oxygen atoms in total. The van der Waals surface area contributed by atoms with E-state index in [0.717, 1.165) is 14.2 Å². The summed E-state index contributed by atoms with van der Waals surface area (Å²) in [5.74, 6) is -0.834. The van der Waals surface area contributed by atoms with Crippen molar-refractivity contribution in [2.45, 2.75) is 39.4 Å². The summed E-state index contributed by atoms with van der Waals surface area (Å²) < 4.78 is 28.1. The summed E-state index contributed by atoms with van der Waals surface area (Å²) in [6.45, 7) is 4.94. The van der Waals surface area contributed by atoms with Gasteiger partial charge in [0.05, 0.1) is 5.69 Å². The molecule has 0 spiro atoms. The normalized spacial score (nSPS) is 12.5. The predicted octanol–water partition coefficient (Wildman–Crippen LogP) is 2.89. The first-order valence-corrected chi connectivity index (χ1v) is 12.3. The van der Waals surface area contributed by atoms with Gasteiger partial charge < -0.3 is 10.2 Å². The fraction of sp³-hybridized carbons (Fsp3) is 0.391. The van der Waals surface area contributed by atoms with Crippen LogP contribution >= 0.6 is 11.6 Å². The molecule has 0 saturated heterocycles. The molecule has 0 saturated carbocycles. The number of nitrogens with one attached hydrogen (secondary N) is 1. The molecule has 2 aromatic rings. The maximum absolute atomic E-state index is 13.5. The summed E-state index contributed by atoms with van der Waals surface area (Å²) in [5.41, 5.74) is 1.11. The Morgan fingerprint density at radius 3 is 2.06 bits per heavy atom. The van der Waals surface area contributed by atoms with E-state index in [1.165, 1.54) is 19.0 Å². The molecule has 0 heterocycles. The van der Waals surface area contributed by atoms with Gasteiger partial charge in [0, 0.05) is 31.7 Å². The van der Waals surface area contributed by atoms with Gasteiger partial charge >= 0.3 is 10.2 Å². The van der Waals surface area contributed by atoms with Crippen LogP contribution in [0.3, 0.4) is 0 Å². The van der Waals surface area contributed by atoms with Gasteiger partial charge in [-0.15, -0.1) is 0 Å². The van der Waals surface area contributed by atoms with Crippen LogP contribution in [0.2, 0.25) is 5.02 Å². The topological polar surface area (TPSA) is 90.0 Å². The lowest BCUT2D eigenvalue weighted by molar-refractivity contribution is -0.139. The van der Waals surface area contributed by atoms with Gasteiger partial charge in [-0.25, -0.2) is 4.31 Å². The number of nitrogens with zero attached hydrogens (tertiary/aromatic N) is 3. The lowest BCUT2D eigenvalue weighted by atomic mass is 10.1. The van der Waals surface area contributed by atoms with Gasteiger partial charge in [-0.1, -0.05) is 41.9 Å². The van der Waals surface area contributed by atoms with E-state index in [0.29, 0.717) is 10.7 Å². The highest BCUT2D eigenvalue weighted by Gasteiger charge is 2.32. The van der Waals surface area contributed by atoms with Gasteiger partial charge in [0.15, 0.2) is 0 Å². The van der Waals surface area contributed by atoms with Gasteiger partial charge in [-0.3, -0.25) is 9.59 Å². The van der Waals surface area contributed by atoms with Crippen molar-refractivity contribution in [3.05, 3.63) is 65.2 Å². The number of carbonyl (C=O) groups excluding carboxylic acids is 2. The molecular weight excluding hydrogens is 464 g/mol. The van der Waals surface area contributed by atoms with E-state index >= 15 is 0 Å². The Kier molecular flexibility index (Phi) is 9.27. The third-order valence-corrected chi connectivity index (χ3v) is 7.00. The zero-order chi connectivity index (χ0) is 24.8. The molecule has 0 bridgehead atoms. The molecule has 0 radical (unpaired) electrons. The molecule has 180 valence electrons. The van der Waals surface area contributed by atoms with Crippen molar-refractivity contribution in [1.29, 1.82) is 0 Å². The number of hydrogen-bond donors (Lipinski definition) is 1. The van der Waals surface area contributed by atoms with E-state index in [2.05, 4.69) is 5.32 Å². The number of anilines is 1. The van der Waals surface area contributed by atoms with Crippen LogP contribution in [0.4, 0.5) is 5.69 Å². The third kappa shape index (κ3) is 7.18. The molecule has 2 amide bonds. The summed E-state index contributed by atoms with van der Waals surface area (Å²) in [5, 5.41) is 3.36. The summed E-state index contributed by atoms with van der Waals surface area (Å²) in [6.07, 6.45) is 0. The zero-order valence-electron chi connectivity index (χ0n) is 19.5. The highest BCUT2D eigenvalue weighted by atomic mass is 35.5. The molecule has 33 heavy (non-hydrogen) atoms. The first-order valence-electron chi connectivity index (χ1n) is 10.5. The SMILES string of the molecule is CC(C)NC(=O)[C@@H](C)N(Cc1ccc(Cl)cc1)C(=O)CN(c1ccccc1)S(=O)(=O)N(C)C. The molecule has 0 aromatic heterocycles. The van der Waals surface area contributed by atoms with E-state index in [1.54, 1.807) is 61.5 Å². The molecule has 0 fully saturated rings. The molecule has 0 aliphatic rings. The first kappa shape index (κ1) is 26.6. The second-order valence-electron chi connectivity index (χ2n) is 8.12. The van der Waals surface area contributed by atoms with Crippen LogP contribution in [-0.4, -0.2) is 62.2 Å².